The van der Waals surface area contributed by atoms with Gasteiger partial charge >= 0.3 is 5.97 Å². The predicted octanol–water partition coefficient (Wildman–Crippen LogP) is 9.35. The number of hydrogen-bond acceptors (Lipinski definition) is 3. The van der Waals surface area contributed by atoms with Crippen molar-refractivity contribution in [3.05, 3.63) is 34.3 Å². The van der Waals surface area contributed by atoms with Gasteiger partial charge in [-0.15, -0.1) is 0 Å². The first-order chi connectivity index (χ1) is 15.5. The molecule has 0 aliphatic carbocycles. The molecule has 0 aliphatic rings. The van der Waals surface area contributed by atoms with Gasteiger partial charge in [0.15, 0.2) is 5.78 Å². The maximum atomic E-state index is 12.4. The topological polar surface area (TPSA) is 43.4 Å². The van der Waals surface area contributed by atoms with Gasteiger partial charge in [0.05, 0.1) is 16.7 Å². The number of carbonyl (C=O) groups excluding carboxylic acids is 2. The molecule has 4 heteroatoms. The van der Waals surface area contributed by atoms with Crippen LogP contribution in [0, 0.1) is 0 Å². The van der Waals surface area contributed by atoms with Crippen LogP contribution in [0.1, 0.15) is 144 Å². The largest absolute Gasteiger partial charge is 0.459 e. The Hall–Kier alpha value is -1.35. The number of halogens is 1. The van der Waals surface area contributed by atoms with Crippen molar-refractivity contribution in [1.29, 1.82) is 0 Å². The van der Waals surface area contributed by atoms with Crippen LogP contribution in [0.25, 0.3) is 0 Å². The molecule has 0 aromatic heterocycles. The molecule has 0 amide bonds. The normalized spacial score (nSPS) is 11.2. The average Bonchev–Trinajstić information content (AvgIpc) is 2.75. The first kappa shape index (κ1) is 28.7. The molecular weight excluding hydrogens is 420 g/mol. The number of esters is 1. The van der Waals surface area contributed by atoms with Crippen molar-refractivity contribution in [2.75, 3.05) is 0 Å². The molecule has 0 bridgehead atoms. The summed E-state index contributed by atoms with van der Waals surface area (Å²) in [6.07, 6.45) is 20.0. The van der Waals surface area contributed by atoms with Gasteiger partial charge in [0.25, 0.3) is 0 Å². The summed E-state index contributed by atoms with van der Waals surface area (Å²) < 4.78 is 5.17. The van der Waals surface area contributed by atoms with Crippen molar-refractivity contribution in [3.63, 3.8) is 0 Å². The Kier molecular flexibility index (Phi) is 16.2. The lowest BCUT2D eigenvalue weighted by atomic mass is 10.0. The number of ether oxygens (including phenoxy) is 1. The molecule has 0 spiro atoms. The second kappa shape index (κ2) is 18.1. The van der Waals surface area contributed by atoms with Crippen molar-refractivity contribution >= 4 is 23.4 Å². The second-order valence-electron chi connectivity index (χ2n) is 9.27. The molecule has 0 saturated carbocycles. The highest BCUT2D eigenvalue weighted by Crippen LogP contribution is 2.21. The fraction of sp³-hybridized carbons (Fsp3) is 0.714. The number of unbranched alkanes of at least 4 members (excludes halogenated alkanes) is 14. The van der Waals surface area contributed by atoms with Crippen LogP contribution in [-0.2, 0) is 4.74 Å². The summed E-state index contributed by atoms with van der Waals surface area (Å²) in [7, 11) is 0. The van der Waals surface area contributed by atoms with Gasteiger partial charge in [0, 0.05) is 12.0 Å². The van der Waals surface area contributed by atoms with Gasteiger partial charge in [0.2, 0.25) is 0 Å². The van der Waals surface area contributed by atoms with Crippen molar-refractivity contribution < 1.29 is 14.3 Å². The van der Waals surface area contributed by atoms with Gasteiger partial charge in [-0.1, -0.05) is 114 Å². The summed E-state index contributed by atoms with van der Waals surface area (Å²) in [6.45, 7) is 5.85. The van der Waals surface area contributed by atoms with E-state index in [9.17, 15) is 9.59 Å². The fourth-order valence-corrected chi connectivity index (χ4v) is 4.19. The lowest BCUT2D eigenvalue weighted by Crippen LogP contribution is -2.12. The maximum Gasteiger partial charge on any atom is 0.339 e. The molecule has 0 atom stereocenters. The molecule has 0 saturated heterocycles. The van der Waals surface area contributed by atoms with E-state index in [-0.39, 0.29) is 16.9 Å². The molecule has 0 radical (unpaired) electrons. The molecule has 0 unspecified atom stereocenters. The van der Waals surface area contributed by atoms with Crippen LogP contribution in [-0.4, -0.2) is 17.9 Å². The van der Waals surface area contributed by atoms with E-state index in [0.29, 0.717) is 17.5 Å². The Morgan fingerprint density at radius 2 is 1.25 bits per heavy atom. The van der Waals surface area contributed by atoms with Crippen molar-refractivity contribution in [2.24, 2.45) is 0 Å². The second-order valence-corrected chi connectivity index (χ2v) is 9.68. The van der Waals surface area contributed by atoms with Gasteiger partial charge in [-0.2, -0.15) is 0 Å². The zero-order chi connectivity index (χ0) is 23.6. The predicted molar refractivity (Wildman–Crippen MR) is 136 cm³/mol. The smallest absolute Gasteiger partial charge is 0.339 e. The highest BCUT2D eigenvalue weighted by molar-refractivity contribution is 6.34. The molecule has 1 aromatic carbocycles. The van der Waals surface area contributed by atoms with Crippen LogP contribution in [0.4, 0.5) is 0 Å². The Bertz CT molecular complexity index is 654. The van der Waals surface area contributed by atoms with Crippen LogP contribution < -0.4 is 0 Å². The quantitative estimate of drug-likeness (QED) is 0.116. The number of rotatable bonds is 19. The van der Waals surface area contributed by atoms with Crippen LogP contribution >= 0.6 is 11.6 Å². The minimum atomic E-state index is -0.452. The SMILES string of the molecule is CCCCCCCCCCCCCCCCCC(=O)c1ccc(C(=O)OC(C)C)c(Cl)c1. The van der Waals surface area contributed by atoms with Gasteiger partial charge < -0.3 is 4.74 Å². The lowest BCUT2D eigenvalue weighted by molar-refractivity contribution is 0.0378. The Morgan fingerprint density at radius 3 is 1.69 bits per heavy atom. The van der Waals surface area contributed by atoms with E-state index >= 15 is 0 Å². The average molecular weight is 465 g/mol. The zero-order valence-corrected chi connectivity index (χ0v) is 21.5. The lowest BCUT2D eigenvalue weighted by Gasteiger charge is -2.10. The van der Waals surface area contributed by atoms with Crippen LogP contribution in [0.15, 0.2) is 18.2 Å². The van der Waals surface area contributed by atoms with E-state index < -0.39 is 5.97 Å². The molecule has 0 fully saturated rings. The summed E-state index contributed by atoms with van der Waals surface area (Å²) in [6, 6.07) is 4.86. The number of hydrogen-bond donors (Lipinski definition) is 0. The van der Waals surface area contributed by atoms with Gasteiger partial charge in [-0.3, -0.25) is 4.79 Å². The van der Waals surface area contributed by atoms with E-state index in [1.165, 1.54) is 83.5 Å². The first-order valence-electron chi connectivity index (χ1n) is 13.0. The summed E-state index contributed by atoms with van der Waals surface area (Å²) in [5, 5.41) is 0.276. The summed E-state index contributed by atoms with van der Waals surface area (Å²) in [5.41, 5.74) is 0.880. The number of carbonyl (C=O) groups is 2. The first-order valence-corrected chi connectivity index (χ1v) is 13.4. The van der Waals surface area contributed by atoms with E-state index in [1.54, 1.807) is 32.0 Å². The summed E-state index contributed by atoms with van der Waals surface area (Å²) in [5.74, 6) is -0.364. The molecule has 1 rings (SSSR count). The van der Waals surface area contributed by atoms with E-state index in [0.717, 1.165) is 12.8 Å². The van der Waals surface area contributed by atoms with E-state index in [4.69, 9.17) is 16.3 Å². The Labute approximate surface area is 201 Å². The van der Waals surface area contributed by atoms with Gasteiger partial charge in [0.1, 0.15) is 0 Å². The fourth-order valence-electron chi connectivity index (χ4n) is 3.93. The highest BCUT2D eigenvalue weighted by Gasteiger charge is 2.15. The Balaban J connectivity index is 2.06. The van der Waals surface area contributed by atoms with Crippen molar-refractivity contribution in [1.82, 2.24) is 0 Å². The molecule has 3 nitrogen and oxygen atoms in total. The standard InChI is InChI=1S/C28H45ClO3/c1-4-5-6-7-8-9-10-11-12-13-14-15-16-17-18-19-27(30)24-20-21-25(26(29)22-24)28(31)32-23(2)3/h20-23H,4-19H2,1-3H3. The molecule has 0 aliphatic heterocycles. The number of benzene rings is 1. The van der Waals surface area contributed by atoms with Crippen LogP contribution in [0.5, 0.6) is 0 Å². The van der Waals surface area contributed by atoms with Gasteiger partial charge in [-0.25, -0.2) is 4.79 Å². The number of Topliss-reactive ketones (excluding diaryl/α,β-unsaturated/α-hetero) is 1. The van der Waals surface area contributed by atoms with Crippen molar-refractivity contribution in [3.8, 4) is 0 Å². The summed E-state index contributed by atoms with van der Waals surface area (Å²) >= 11 is 6.20. The maximum absolute atomic E-state index is 12.4. The van der Waals surface area contributed by atoms with E-state index in [2.05, 4.69) is 6.92 Å². The monoisotopic (exact) mass is 464 g/mol. The molecule has 182 valence electrons. The molecule has 0 N–H and O–H groups in total. The third kappa shape index (κ3) is 13.3. The molecular formula is C28H45ClO3. The highest BCUT2D eigenvalue weighted by atomic mass is 35.5. The minimum absolute atomic E-state index is 0.0883. The Morgan fingerprint density at radius 1 is 0.781 bits per heavy atom. The van der Waals surface area contributed by atoms with Crippen molar-refractivity contribution in [2.45, 2.75) is 130 Å². The summed E-state index contributed by atoms with van der Waals surface area (Å²) in [4.78, 5) is 24.4. The molecule has 0 heterocycles. The minimum Gasteiger partial charge on any atom is -0.459 e. The van der Waals surface area contributed by atoms with Gasteiger partial charge in [-0.05, 0) is 32.4 Å². The zero-order valence-electron chi connectivity index (χ0n) is 20.7. The van der Waals surface area contributed by atoms with Crippen LogP contribution in [0.2, 0.25) is 5.02 Å². The third-order valence-corrected chi connectivity index (χ3v) is 6.17. The molecule has 32 heavy (non-hydrogen) atoms. The molecule has 1 aromatic rings. The van der Waals surface area contributed by atoms with E-state index in [1.807, 2.05) is 0 Å². The number of ketones is 1. The van der Waals surface area contributed by atoms with Crippen LogP contribution in [0.3, 0.4) is 0 Å². The third-order valence-electron chi connectivity index (χ3n) is 5.86.